The van der Waals surface area contributed by atoms with Crippen molar-refractivity contribution in [3.05, 3.63) is 69.8 Å². The minimum atomic E-state index is 0.587. The summed E-state index contributed by atoms with van der Waals surface area (Å²) in [5, 5.41) is 10.1. The standard InChI is InChI=1S/C25H26ClN5/c1-5-7-22-29-23-16(3)12-17(4)28-25(23)31(22)15-18-8-10-19(11-9-18)24-20(14-27)13-21(26)30(24)6-2/h8-13H,5-7,15H2,1-4H3. The molecule has 3 heterocycles. The number of nitrogens with zero attached hydrogens (tertiary/aromatic N) is 5. The van der Waals surface area contributed by atoms with Gasteiger partial charge in [0.05, 0.1) is 17.8 Å². The smallest absolute Gasteiger partial charge is 0.160 e. The highest BCUT2D eigenvalue weighted by atomic mass is 35.5. The first kappa shape index (κ1) is 21.1. The van der Waals surface area contributed by atoms with Crippen LogP contribution in [0.4, 0.5) is 0 Å². The molecule has 0 aliphatic carbocycles. The number of hydrogen-bond acceptors (Lipinski definition) is 3. The molecule has 0 aliphatic rings. The largest absolute Gasteiger partial charge is 0.331 e. The SMILES string of the molecule is CCCc1nc2c(C)cc(C)nc2n1Cc1ccc(-c2c(C#N)cc(Cl)n2CC)cc1. The molecule has 0 N–H and O–H groups in total. The molecule has 0 bridgehead atoms. The van der Waals surface area contributed by atoms with Crippen molar-refractivity contribution in [2.45, 2.75) is 53.6 Å². The highest BCUT2D eigenvalue weighted by Crippen LogP contribution is 2.30. The monoisotopic (exact) mass is 431 g/mol. The first-order valence-electron chi connectivity index (χ1n) is 10.7. The number of rotatable bonds is 6. The van der Waals surface area contributed by atoms with Crippen molar-refractivity contribution in [1.29, 1.82) is 5.26 Å². The first-order valence-corrected chi connectivity index (χ1v) is 11.1. The summed E-state index contributed by atoms with van der Waals surface area (Å²) in [6, 6.07) is 14.4. The molecule has 0 fully saturated rings. The van der Waals surface area contributed by atoms with E-state index in [1.165, 1.54) is 5.56 Å². The van der Waals surface area contributed by atoms with Crippen LogP contribution in [0.15, 0.2) is 36.4 Å². The van der Waals surface area contributed by atoms with Crippen LogP contribution in [0.1, 0.15) is 48.5 Å². The van der Waals surface area contributed by atoms with Crippen molar-refractivity contribution in [2.24, 2.45) is 0 Å². The van der Waals surface area contributed by atoms with Crippen molar-refractivity contribution in [3.63, 3.8) is 0 Å². The van der Waals surface area contributed by atoms with E-state index in [4.69, 9.17) is 21.6 Å². The number of nitriles is 1. The summed E-state index contributed by atoms with van der Waals surface area (Å²) in [6.07, 6.45) is 1.95. The van der Waals surface area contributed by atoms with Gasteiger partial charge in [-0.1, -0.05) is 42.8 Å². The second kappa shape index (κ2) is 8.56. The van der Waals surface area contributed by atoms with Crippen LogP contribution in [-0.4, -0.2) is 19.1 Å². The number of pyridine rings is 1. The van der Waals surface area contributed by atoms with Gasteiger partial charge in [-0.25, -0.2) is 9.97 Å². The predicted octanol–water partition coefficient (Wildman–Crippen LogP) is 6.06. The molecule has 158 valence electrons. The number of aryl methyl sites for hydroxylation is 3. The van der Waals surface area contributed by atoms with Crippen LogP contribution in [0.25, 0.3) is 22.4 Å². The maximum atomic E-state index is 9.53. The average molecular weight is 432 g/mol. The zero-order chi connectivity index (χ0) is 22.1. The minimum Gasteiger partial charge on any atom is -0.331 e. The summed E-state index contributed by atoms with van der Waals surface area (Å²) in [6.45, 7) is 9.75. The van der Waals surface area contributed by atoms with Crippen molar-refractivity contribution >= 4 is 22.8 Å². The van der Waals surface area contributed by atoms with Gasteiger partial charge in [0.2, 0.25) is 0 Å². The van der Waals surface area contributed by atoms with E-state index in [2.05, 4.69) is 54.8 Å². The Morgan fingerprint density at radius 1 is 1.03 bits per heavy atom. The van der Waals surface area contributed by atoms with E-state index in [9.17, 15) is 5.26 Å². The van der Waals surface area contributed by atoms with Gasteiger partial charge in [0.15, 0.2) is 5.65 Å². The van der Waals surface area contributed by atoms with Crippen LogP contribution < -0.4 is 0 Å². The van der Waals surface area contributed by atoms with E-state index < -0.39 is 0 Å². The molecule has 0 unspecified atom stereocenters. The number of fused-ring (bicyclic) bond motifs is 1. The second-order valence-electron chi connectivity index (χ2n) is 7.90. The van der Waals surface area contributed by atoms with Crippen LogP contribution >= 0.6 is 11.6 Å². The Labute approximate surface area is 187 Å². The summed E-state index contributed by atoms with van der Waals surface area (Å²) in [7, 11) is 0. The highest BCUT2D eigenvalue weighted by Gasteiger charge is 2.16. The number of halogens is 1. The van der Waals surface area contributed by atoms with E-state index in [0.717, 1.165) is 52.3 Å². The molecule has 4 rings (SSSR count). The minimum absolute atomic E-state index is 0.587. The molecule has 0 saturated heterocycles. The van der Waals surface area contributed by atoms with Gasteiger partial charge in [0, 0.05) is 18.7 Å². The maximum absolute atomic E-state index is 9.53. The van der Waals surface area contributed by atoms with Gasteiger partial charge in [0.25, 0.3) is 0 Å². The highest BCUT2D eigenvalue weighted by molar-refractivity contribution is 6.30. The molecule has 0 saturated carbocycles. The van der Waals surface area contributed by atoms with Crippen LogP contribution in [0.3, 0.4) is 0 Å². The summed E-state index contributed by atoms with van der Waals surface area (Å²) in [5.41, 5.74) is 7.72. The number of hydrogen-bond donors (Lipinski definition) is 0. The molecule has 5 nitrogen and oxygen atoms in total. The third kappa shape index (κ3) is 3.84. The third-order valence-corrected chi connectivity index (χ3v) is 5.94. The molecule has 0 spiro atoms. The lowest BCUT2D eigenvalue weighted by Gasteiger charge is -2.12. The molecule has 0 radical (unpaired) electrons. The Balaban J connectivity index is 1.74. The van der Waals surface area contributed by atoms with Gasteiger partial charge >= 0.3 is 0 Å². The maximum Gasteiger partial charge on any atom is 0.160 e. The Bertz CT molecular complexity index is 1290. The normalized spacial score (nSPS) is 11.2. The molecule has 6 heteroatoms. The van der Waals surface area contributed by atoms with Gasteiger partial charge in [-0.3, -0.25) is 0 Å². The molecule has 31 heavy (non-hydrogen) atoms. The summed E-state index contributed by atoms with van der Waals surface area (Å²) in [4.78, 5) is 9.69. The van der Waals surface area contributed by atoms with Crippen LogP contribution in [-0.2, 0) is 19.5 Å². The van der Waals surface area contributed by atoms with Crippen molar-refractivity contribution in [1.82, 2.24) is 19.1 Å². The molecule has 1 aromatic carbocycles. The zero-order valence-electron chi connectivity index (χ0n) is 18.4. The molecule has 3 aromatic heterocycles. The summed E-state index contributed by atoms with van der Waals surface area (Å²) >= 11 is 6.33. The summed E-state index contributed by atoms with van der Waals surface area (Å²) < 4.78 is 4.20. The lowest BCUT2D eigenvalue weighted by molar-refractivity contribution is 0.716. The zero-order valence-corrected chi connectivity index (χ0v) is 19.2. The van der Waals surface area contributed by atoms with Crippen molar-refractivity contribution in [2.75, 3.05) is 0 Å². The lowest BCUT2D eigenvalue weighted by atomic mass is 10.1. The van der Waals surface area contributed by atoms with Crippen molar-refractivity contribution < 1.29 is 0 Å². The Morgan fingerprint density at radius 2 is 1.77 bits per heavy atom. The number of imidazole rings is 1. The fourth-order valence-corrected chi connectivity index (χ4v) is 4.52. The third-order valence-electron chi connectivity index (χ3n) is 5.63. The molecule has 0 atom stereocenters. The topological polar surface area (TPSA) is 59.4 Å². The van der Waals surface area contributed by atoms with E-state index >= 15 is 0 Å². The Kier molecular flexibility index (Phi) is 5.84. The van der Waals surface area contributed by atoms with E-state index in [0.29, 0.717) is 23.8 Å². The fraction of sp³-hybridized carbons (Fsp3) is 0.320. The van der Waals surface area contributed by atoms with Gasteiger partial charge < -0.3 is 9.13 Å². The fourth-order valence-electron chi connectivity index (χ4n) is 4.20. The molecular weight excluding hydrogens is 406 g/mol. The quantitative estimate of drug-likeness (QED) is 0.372. The number of benzene rings is 1. The van der Waals surface area contributed by atoms with Crippen LogP contribution in [0.2, 0.25) is 5.15 Å². The second-order valence-corrected chi connectivity index (χ2v) is 8.29. The van der Waals surface area contributed by atoms with Gasteiger partial charge in [-0.2, -0.15) is 5.26 Å². The van der Waals surface area contributed by atoms with E-state index in [-0.39, 0.29) is 0 Å². The first-order chi connectivity index (χ1) is 15.0. The van der Waals surface area contributed by atoms with Gasteiger partial charge in [0.1, 0.15) is 22.6 Å². The van der Waals surface area contributed by atoms with Gasteiger partial charge in [-0.15, -0.1) is 0 Å². The Morgan fingerprint density at radius 3 is 2.42 bits per heavy atom. The molecule has 0 amide bonds. The van der Waals surface area contributed by atoms with E-state index in [1.54, 1.807) is 6.07 Å². The van der Waals surface area contributed by atoms with Crippen LogP contribution in [0.5, 0.6) is 0 Å². The lowest BCUT2D eigenvalue weighted by Crippen LogP contribution is -2.06. The summed E-state index contributed by atoms with van der Waals surface area (Å²) in [5.74, 6) is 1.07. The van der Waals surface area contributed by atoms with Crippen molar-refractivity contribution in [3.8, 4) is 17.3 Å². The molecule has 4 aromatic rings. The van der Waals surface area contributed by atoms with Gasteiger partial charge in [-0.05, 0) is 56.0 Å². The predicted molar refractivity (Wildman–Crippen MR) is 125 cm³/mol. The number of aromatic nitrogens is 4. The molecule has 0 aliphatic heterocycles. The average Bonchev–Trinajstić information content (AvgIpc) is 3.26. The van der Waals surface area contributed by atoms with E-state index in [1.807, 2.05) is 18.4 Å². The van der Waals surface area contributed by atoms with Crippen LogP contribution in [0, 0.1) is 25.2 Å². The Hall–Kier alpha value is -3.10. The molecular formula is C25H26ClN5.